The standard InChI is InChI=1S/C27H38N2O3/c1-18-7-6-10-27(3)15-25-22(14-24(18)27)23(26(30)32-25)17-28-11-12-29(19(2)16-28)20-8-5-9-21(13-20)31-4/h5,8-9,13,19,22-25H,1,6-7,10-12,14-17H2,2-4H3/t19-,22-,23-,24+,25+,27+/m0/s1. The second-order valence-corrected chi connectivity index (χ2v) is 10.9. The molecule has 0 N–H and O–H groups in total. The molecule has 4 aliphatic rings. The Morgan fingerprint density at radius 2 is 2.16 bits per heavy atom. The molecule has 2 aliphatic heterocycles. The molecule has 2 saturated heterocycles. The Labute approximate surface area is 192 Å². The van der Waals surface area contributed by atoms with E-state index >= 15 is 0 Å². The minimum Gasteiger partial charge on any atom is -0.497 e. The molecule has 6 atom stereocenters. The SMILES string of the molecule is C=C1CCC[C@]2(C)C[C@H]3OC(=O)[C@@H](CN4CCN(c5cccc(OC)c5)[C@@H](C)C4)[C@@H]3C[C@H]12. The van der Waals surface area contributed by atoms with E-state index in [-0.39, 0.29) is 23.4 Å². The number of carbonyl (C=O) groups is 1. The smallest absolute Gasteiger partial charge is 0.310 e. The van der Waals surface area contributed by atoms with Gasteiger partial charge in [0.1, 0.15) is 11.9 Å². The number of nitrogens with zero attached hydrogens (tertiary/aromatic N) is 2. The molecule has 174 valence electrons. The van der Waals surface area contributed by atoms with Crippen LogP contribution in [0.2, 0.25) is 0 Å². The van der Waals surface area contributed by atoms with E-state index < -0.39 is 0 Å². The molecular formula is C27H38N2O3. The summed E-state index contributed by atoms with van der Waals surface area (Å²) >= 11 is 0. The summed E-state index contributed by atoms with van der Waals surface area (Å²) in [6, 6.07) is 8.70. The third kappa shape index (κ3) is 3.83. The number of rotatable bonds is 4. The highest BCUT2D eigenvalue weighted by Crippen LogP contribution is 2.57. The van der Waals surface area contributed by atoms with Crippen LogP contribution in [0, 0.1) is 23.2 Å². The summed E-state index contributed by atoms with van der Waals surface area (Å²) in [4.78, 5) is 17.9. The first-order valence-corrected chi connectivity index (χ1v) is 12.4. The molecule has 5 heteroatoms. The first-order valence-electron chi connectivity index (χ1n) is 12.4. The molecule has 5 nitrogen and oxygen atoms in total. The van der Waals surface area contributed by atoms with Crippen LogP contribution in [0.1, 0.15) is 46.0 Å². The van der Waals surface area contributed by atoms with E-state index in [1.165, 1.54) is 24.1 Å². The number of piperazine rings is 1. The minimum absolute atomic E-state index is 0.00912. The number of hydrogen-bond acceptors (Lipinski definition) is 5. The van der Waals surface area contributed by atoms with E-state index in [2.05, 4.69) is 48.4 Å². The zero-order valence-electron chi connectivity index (χ0n) is 19.9. The van der Waals surface area contributed by atoms with Gasteiger partial charge in [0.15, 0.2) is 0 Å². The Morgan fingerprint density at radius 3 is 2.94 bits per heavy atom. The summed E-state index contributed by atoms with van der Waals surface area (Å²) in [6.07, 6.45) is 5.83. The van der Waals surface area contributed by atoms with E-state index in [4.69, 9.17) is 9.47 Å². The van der Waals surface area contributed by atoms with Crippen molar-refractivity contribution in [3.05, 3.63) is 36.4 Å². The lowest BCUT2D eigenvalue weighted by Crippen LogP contribution is -2.54. The third-order valence-electron chi connectivity index (χ3n) is 8.87. The topological polar surface area (TPSA) is 42.0 Å². The average Bonchev–Trinajstić information content (AvgIpc) is 3.06. The number of carbonyl (C=O) groups excluding carboxylic acids is 1. The van der Waals surface area contributed by atoms with Crippen molar-refractivity contribution in [1.29, 1.82) is 0 Å². The fourth-order valence-electron chi connectivity index (χ4n) is 7.11. The van der Waals surface area contributed by atoms with Crippen molar-refractivity contribution >= 4 is 11.7 Å². The Balaban J connectivity index is 1.25. The quantitative estimate of drug-likeness (QED) is 0.511. The van der Waals surface area contributed by atoms with Crippen molar-refractivity contribution in [2.24, 2.45) is 23.2 Å². The van der Waals surface area contributed by atoms with Crippen LogP contribution in [-0.4, -0.2) is 56.3 Å². The van der Waals surface area contributed by atoms with Gasteiger partial charge in [-0.3, -0.25) is 9.69 Å². The maximum Gasteiger partial charge on any atom is 0.310 e. The van der Waals surface area contributed by atoms with Crippen LogP contribution in [0.5, 0.6) is 5.75 Å². The molecular weight excluding hydrogens is 400 g/mol. The van der Waals surface area contributed by atoms with Gasteiger partial charge >= 0.3 is 5.97 Å². The van der Waals surface area contributed by atoms with Crippen molar-refractivity contribution in [2.75, 3.05) is 38.2 Å². The van der Waals surface area contributed by atoms with Gasteiger partial charge in [-0.2, -0.15) is 0 Å². The van der Waals surface area contributed by atoms with E-state index in [0.29, 0.717) is 17.9 Å². The van der Waals surface area contributed by atoms with Crippen molar-refractivity contribution in [3.8, 4) is 5.75 Å². The van der Waals surface area contributed by atoms with E-state index in [1.807, 2.05) is 6.07 Å². The zero-order valence-corrected chi connectivity index (χ0v) is 19.9. The third-order valence-corrected chi connectivity index (χ3v) is 8.87. The van der Waals surface area contributed by atoms with Crippen LogP contribution in [0.3, 0.4) is 0 Å². The molecule has 4 fully saturated rings. The van der Waals surface area contributed by atoms with Crippen molar-refractivity contribution in [3.63, 3.8) is 0 Å². The van der Waals surface area contributed by atoms with Crippen LogP contribution < -0.4 is 9.64 Å². The van der Waals surface area contributed by atoms with E-state index in [1.54, 1.807) is 7.11 Å². The van der Waals surface area contributed by atoms with Gasteiger partial charge in [0.25, 0.3) is 0 Å². The predicted molar refractivity (Wildman–Crippen MR) is 127 cm³/mol. The monoisotopic (exact) mass is 438 g/mol. The number of allylic oxidation sites excluding steroid dienone is 1. The van der Waals surface area contributed by atoms with Crippen LogP contribution in [-0.2, 0) is 9.53 Å². The van der Waals surface area contributed by atoms with Crippen molar-refractivity contribution in [1.82, 2.24) is 4.90 Å². The minimum atomic E-state index is 0.00912. The summed E-state index contributed by atoms with van der Waals surface area (Å²) in [5, 5.41) is 0. The molecule has 0 amide bonds. The first-order chi connectivity index (χ1) is 15.4. The Kier molecular flexibility index (Phi) is 5.73. The summed E-state index contributed by atoms with van der Waals surface area (Å²) < 4.78 is 11.4. The summed E-state index contributed by atoms with van der Waals surface area (Å²) in [7, 11) is 1.71. The summed E-state index contributed by atoms with van der Waals surface area (Å²) in [5.41, 5.74) is 2.89. The molecule has 0 radical (unpaired) electrons. The molecule has 1 aromatic carbocycles. The maximum absolute atomic E-state index is 12.9. The van der Waals surface area contributed by atoms with Gasteiger partial charge in [-0.25, -0.2) is 0 Å². The molecule has 0 spiro atoms. The lowest BCUT2D eigenvalue weighted by atomic mass is 9.55. The highest BCUT2D eigenvalue weighted by molar-refractivity contribution is 5.75. The Bertz CT molecular complexity index is 885. The lowest BCUT2D eigenvalue weighted by molar-refractivity contribution is -0.146. The fraction of sp³-hybridized carbons (Fsp3) is 0.667. The highest BCUT2D eigenvalue weighted by atomic mass is 16.6. The van der Waals surface area contributed by atoms with Crippen LogP contribution in [0.15, 0.2) is 36.4 Å². The number of fused-ring (bicyclic) bond motifs is 2. The molecule has 1 aromatic rings. The zero-order chi connectivity index (χ0) is 22.5. The van der Waals surface area contributed by atoms with Gasteiger partial charge in [0.05, 0.1) is 13.0 Å². The molecule has 2 saturated carbocycles. The number of methoxy groups -OCH3 is 1. The van der Waals surface area contributed by atoms with Gasteiger partial charge in [0.2, 0.25) is 0 Å². The number of esters is 1. The molecule has 32 heavy (non-hydrogen) atoms. The van der Waals surface area contributed by atoms with Gasteiger partial charge in [-0.05, 0) is 62.5 Å². The number of anilines is 1. The molecule has 2 aliphatic carbocycles. The number of ether oxygens (including phenoxy) is 2. The van der Waals surface area contributed by atoms with Crippen molar-refractivity contribution < 1.29 is 14.3 Å². The molecule has 5 rings (SSSR count). The van der Waals surface area contributed by atoms with Crippen LogP contribution in [0.4, 0.5) is 5.69 Å². The Morgan fingerprint density at radius 1 is 1.31 bits per heavy atom. The lowest BCUT2D eigenvalue weighted by Gasteiger charge is -2.50. The maximum atomic E-state index is 12.9. The largest absolute Gasteiger partial charge is 0.497 e. The summed E-state index contributed by atoms with van der Waals surface area (Å²) in [6.45, 7) is 12.8. The first kappa shape index (κ1) is 21.8. The van der Waals surface area contributed by atoms with E-state index in [0.717, 1.165) is 51.2 Å². The summed E-state index contributed by atoms with van der Waals surface area (Å²) in [5.74, 6) is 1.84. The van der Waals surface area contributed by atoms with Gasteiger partial charge in [0, 0.05) is 49.9 Å². The highest BCUT2D eigenvalue weighted by Gasteiger charge is 2.55. The van der Waals surface area contributed by atoms with E-state index in [9.17, 15) is 4.79 Å². The molecule has 0 unspecified atom stereocenters. The molecule has 2 heterocycles. The fourth-order valence-corrected chi connectivity index (χ4v) is 7.11. The molecule has 0 bridgehead atoms. The van der Waals surface area contributed by atoms with Gasteiger partial charge in [-0.15, -0.1) is 0 Å². The van der Waals surface area contributed by atoms with Crippen molar-refractivity contribution in [2.45, 2.75) is 58.1 Å². The number of benzene rings is 1. The van der Waals surface area contributed by atoms with Gasteiger partial charge in [-0.1, -0.05) is 25.1 Å². The second kappa shape index (κ2) is 8.40. The number of hydrogen-bond donors (Lipinski definition) is 0. The Hall–Kier alpha value is -2.01. The second-order valence-electron chi connectivity index (χ2n) is 10.9. The van der Waals surface area contributed by atoms with Crippen LogP contribution in [0.25, 0.3) is 0 Å². The van der Waals surface area contributed by atoms with Crippen LogP contribution >= 0.6 is 0 Å². The predicted octanol–water partition coefficient (Wildman–Crippen LogP) is 4.52. The average molecular weight is 439 g/mol. The normalized spacial score (nSPS) is 37.6. The molecule has 0 aromatic heterocycles. The van der Waals surface area contributed by atoms with Gasteiger partial charge < -0.3 is 14.4 Å².